The molecule has 0 aliphatic carbocycles. The molecule has 120 valence electrons. The van der Waals surface area contributed by atoms with Gasteiger partial charge in [0.05, 0.1) is 18.4 Å². The number of rotatable bonds is 4. The summed E-state index contributed by atoms with van der Waals surface area (Å²) < 4.78 is 0. The molecule has 0 saturated carbocycles. The Morgan fingerprint density at radius 3 is 2.46 bits per heavy atom. The highest BCUT2D eigenvalue weighted by molar-refractivity contribution is 5.55. The molecule has 1 saturated heterocycles. The van der Waals surface area contributed by atoms with Crippen LogP contribution >= 0.6 is 0 Å². The van der Waals surface area contributed by atoms with E-state index in [0.29, 0.717) is 11.6 Å². The minimum atomic E-state index is 0.106. The standard InChI is InChI=1S/C16H16N8/c1-2-12(24(9-1)14-11-18-4-6-20-14)15-16(22-8-7-21-15)23-13-10-17-3-5-19-13/h3-8,10-12H,1-2,9H2,(H,19,22,23). The van der Waals surface area contributed by atoms with Crippen LogP contribution in [0, 0.1) is 0 Å². The Balaban J connectivity index is 1.66. The van der Waals surface area contributed by atoms with Gasteiger partial charge in [0.25, 0.3) is 0 Å². The van der Waals surface area contributed by atoms with E-state index in [4.69, 9.17) is 0 Å². The van der Waals surface area contributed by atoms with Crippen LogP contribution in [0.1, 0.15) is 24.6 Å². The van der Waals surface area contributed by atoms with E-state index in [0.717, 1.165) is 30.9 Å². The van der Waals surface area contributed by atoms with Crippen LogP contribution in [-0.2, 0) is 0 Å². The van der Waals surface area contributed by atoms with E-state index < -0.39 is 0 Å². The second-order valence-electron chi connectivity index (χ2n) is 5.42. The molecule has 1 atom stereocenters. The highest BCUT2D eigenvalue weighted by Gasteiger charge is 2.30. The Hall–Kier alpha value is -3.16. The van der Waals surface area contributed by atoms with Crippen LogP contribution in [-0.4, -0.2) is 36.4 Å². The van der Waals surface area contributed by atoms with E-state index in [-0.39, 0.29) is 6.04 Å². The van der Waals surface area contributed by atoms with Crippen LogP contribution in [0.25, 0.3) is 0 Å². The molecular formula is C16H16N8. The molecule has 1 N–H and O–H groups in total. The van der Waals surface area contributed by atoms with Crippen molar-refractivity contribution >= 4 is 17.5 Å². The maximum absolute atomic E-state index is 4.57. The smallest absolute Gasteiger partial charge is 0.155 e. The summed E-state index contributed by atoms with van der Waals surface area (Å²) in [5.74, 6) is 2.19. The quantitative estimate of drug-likeness (QED) is 0.781. The zero-order valence-electron chi connectivity index (χ0n) is 12.9. The first-order chi connectivity index (χ1) is 11.9. The fourth-order valence-corrected chi connectivity index (χ4v) is 2.94. The Kier molecular flexibility index (Phi) is 3.93. The van der Waals surface area contributed by atoms with Gasteiger partial charge in [0.2, 0.25) is 0 Å². The molecule has 4 rings (SSSR count). The normalized spacial score (nSPS) is 17.0. The fourth-order valence-electron chi connectivity index (χ4n) is 2.94. The van der Waals surface area contributed by atoms with Crippen molar-refractivity contribution in [2.24, 2.45) is 0 Å². The molecule has 8 heteroatoms. The highest BCUT2D eigenvalue weighted by atomic mass is 15.2. The first-order valence-corrected chi connectivity index (χ1v) is 7.78. The van der Waals surface area contributed by atoms with Gasteiger partial charge in [0.1, 0.15) is 17.3 Å². The number of aromatic nitrogens is 6. The zero-order chi connectivity index (χ0) is 16.2. The average Bonchev–Trinajstić information content (AvgIpc) is 3.13. The summed E-state index contributed by atoms with van der Waals surface area (Å²) in [7, 11) is 0. The SMILES string of the molecule is c1cnc(Nc2nccnc2C2CCCN2c2cnccn2)cn1. The monoisotopic (exact) mass is 320 g/mol. The summed E-state index contributed by atoms with van der Waals surface area (Å²) in [5.41, 5.74) is 0.881. The van der Waals surface area contributed by atoms with E-state index in [1.807, 2.05) is 0 Å². The second kappa shape index (κ2) is 6.53. The molecule has 8 nitrogen and oxygen atoms in total. The lowest BCUT2D eigenvalue weighted by Crippen LogP contribution is -2.25. The molecule has 0 spiro atoms. The Labute approximate surface area is 139 Å². The lowest BCUT2D eigenvalue weighted by Gasteiger charge is -2.25. The van der Waals surface area contributed by atoms with Gasteiger partial charge in [0, 0.05) is 43.7 Å². The molecule has 1 fully saturated rings. The number of nitrogens with zero attached hydrogens (tertiary/aromatic N) is 7. The topological polar surface area (TPSA) is 92.6 Å². The van der Waals surface area contributed by atoms with Crippen LogP contribution < -0.4 is 10.2 Å². The lowest BCUT2D eigenvalue weighted by molar-refractivity contribution is 0.684. The third kappa shape index (κ3) is 2.85. The molecule has 3 aromatic heterocycles. The minimum absolute atomic E-state index is 0.106. The number of hydrogen-bond donors (Lipinski definition) is 1. The van der Waals surface area contributed by atoms with E-state index in [9.17, 15) is 0 Å². The lowest BCUT2D eigenvalue weighted by atomic mass is 10.1. The van der Waals surface area contributed by atoms with Gasteiger partial charge < -0.3 is 10.2 Å². The zero-order valence-corrected chi connectivity index (χ0v) is 12.9. The van der Waals surface area contributed by atoms with Crippen molar-refractivity contribution in [1.82, 2.24) is 29.9 Å². The van der Waals surface area contributed by atoms with Crippen LogP contribution in [0.2, 0.25) is 0 Å². The largest absolute Gasteiger partial charge is 0.347 e. The minimum Gasteiger partial charge on any atom is -0.347 e. The van der Waals surface area contributed by atoms with Gasteiger partial charge in [-0.05, 0) is 12.8 Å². The highest BCUT2D eigenvalue weighted by Crippen LogP contribution is 2.36. The summed E-state index contributed by atoms with van der Waals surface area (Å²) in [6, 6.07) is 0.106. The Morgan fingerprint density at radius 2 is 1.67 bits per heavy atom. The molecule has 1 aliphatic rings. The molecular weight excluding hydrogens is 304 g/mol. The molecule has 0 aromatic carbocycles. The van der Waals surface area contributed by atoms with E-state index in [1.54, 1.807) is 49.6 Å². The van der Waals surface area contributed by atoms with Crippen LogP contribution in [0.15, 0.2) is 49.6 Å². The van der Waals surface area contributed by atoms with Crippen LogP contribution in [0.3, 0.4) is 0 Å². The third-order valence-electron chi connectivity index (χ3n) is 3.95. The fraction of sp³-hybridized carbons (Fsp3) is 0.250. The third-order valence-corrected chi connectivity index (χ3v) is 3.95. The van der Waals surface area contributed by atoms with Crippen LogP contribution in [0.4, 0.5) is 17.5 Å². The maximum atomic E-state index is 4.57. The van der Waals surface area contributed by atoms with Crippen LogP contribution in [0.5, 0.6) is 0 Å². The summed E-state index contributed by atoms with van der Waals surface area (Å²) >= 11 is 0. The van der Waals surface area contributed by atoms with Crippen molar-refractivity contribution in [3.05, 3.63) is 55.3 Å². The van der Waals surface area contributed by atoms with Crippen molar-refractivity contribution in [2.75, 3.05) is 16.8 Å². The van der Waals surface area contributed by atoms with Gasteiger partial charge in [-0.3, -0.25) is 15.0 Å². The van der Waals surface area contributed by atoms with Gasteiger partial charge in [-0.25, -0.2) is 15.0 Å². The molecule has 4 heterocycles. The summed E-state index contributed by atoms with van der Waals surface area (Å²) in [6.45, 7) is 0.921. The molecule has 3 aromatic rings. The molecule has 24 heavy (non-hydrogen) atoms. The van der Waals surface area contributed by atoms with E-state index in [2.05, 4.69) is 40.1 Å². The van der Waals surface area contributed by atoms with Crippen molar-refractivity contribution in [2.45, 2.75) is 18.9 Å². The van der Waals surface area contributed by atoms with Gasteiger partial charge in [-0.2, -0.15) is 0 Å². The Bertz CT molecular complexity index is 795. The van der Waals surface area contributed by atoms with Crippen molar-refractivity contribution in [3.8, 4) is 0 Å². The van der Waals surface area contributed by atoms with Gasteiger partial charge in [-0.15, -0.1) is 0 Å². The van der Waals surface area contributed by atoms with Crippen molar-refractivity contribution in [1.29, 1.82) is 0 Å². The van der Waals surface area contributed by atoms with Crippen molar-refractivity contribution < 1.29 is 0 Å². The summed E-state index contributed by atoms with van der Waals surface area (Å²) in [6.07, 6.45) is 15.5. The molecule has 1 aliphatic heterocycles. The average molecular weight is 320 g/mol. The summed E-state index contributed by atoms with van der Waals surface area (Å²) in [5, 5.41) is 3.21. The maximum Gasteiger partial charge on any atom is 0.155 e. The number of hydrogen-bond acceptors (Lipinski definition) is 8. The van der Waals surface area contributed by atoms with Crippen molar-refractivity contribution in [3.63, 3.8) is 0 Å². The van der Waals surface area contributed by atoms with Gasteiger partial charge in [0.15, 0.2) is 5.82 Å². The molecule has 0 amide bonds. The van der Waals surface area contributed by atoms with E-state index in [1.165, 1.54) is 0 Å². The number of nitrogens with one attached hydrogen (secondary N) is 1. The van der Waals surface area contributed by atoms with E-state index >= 15 is 0 Å². The Morgan fingerprint density at radius 1 is 0.875 bits per heavy atom. The predicted octanol–water partition coefficient (Wildman–Crippen LogP) is 2.14. The summed E-state index contributed by atoms with van der Waals surface area (Å²) in [4.78, 5) is 28.1. The molecule has 0 bridgehead atoms. The number of anilines is 3. The predicted molar refractivity (Wildman–Crippen MR) is 88.7 cm³/mol. The first-order valence-electron chi connectivity index (χ1n) is 7.78. The van der Waals surface area contributed by atoms with Gasteiger partial charge >= 0.3 is 0 Å². The second-order valence-corrected chi connectivity index (χ2v) is 5.42. The molecule has 1 unspecified atom stereocenters. The first kappa shape index (κ1) is 14.4. The van der Waals surface area contributed by atoms with Gasteiger partial charge in [-0.1, -0.05) is 0 Å². The molecule has 0 radical (unpaired) electrons.